The molecule has 1 radical (unpaired) electrons. The van der Waals surface area contributed by atoms with Crippen molar-refractivity contribution in [3.05, 3.63) is 52.1 Å². The van der Waals surface area contributed by atoms with Crippen molar-refractivity contribution in [2.45, 2.75) is 19.8 Å². The summed E-state index contributed by atoms with van der Waals surface area (Å²) in [5, 5.41) is 10.5. The molecule has 1 aromatic carbocycles. The fourth-order valence-electron chi connectivity index (χ4n) is 1.33. The van der Waals surface area contributed by atoms with Gasteiger partial charge < -0.3 is 0 Å². The topological polar surface area (TPSA) is 43.1 Å². The molecular weight excluding hydrogens is 178 g/mol. The Morgan fingerprint density at radius 1 is 1.57 bits per heavy atom. The highest BCUT2D eigenvalue weighted by Gasteiger charge is 2.08. The summed E-state index contributed by atoms with van der Waals surface area (Å²) >= 11 is 0. The van der Waals surface area contributed by atoms with Crippen molar-refractivity contribution in [3.63, 3.8) is 0 Å². The zero-order chi connectivity index (χ0) is 10.6. The molecule has 0 spiro atoms. The highest BCUT2D eigenvalue weighted by atomic mass is 16.6. The molecular formula is C11H12NO2. The summed E-state index contributed by atoms with van der Waals surface area (Å²) in [5.74, 6) is 0. The Balaban J connectivity index is 3.11. The molecule has 0 aromatic heterocycles. The van der Waals surface area contributed by atoms with Crippen molar-refractivity contribution < 1.29 is 4.92 Å². The van der Waals surface area contributed by atoms with Crippen LogP contribution in [0.5, 0.6) is 0 Å². The first kappa shape index (κ1) is 10.4. The van der Waals surface area contributed by atoms with Gasteiger partial charge in [0.25, 0.3) is 5.69 Å². The van der Waals surface area contributed by atoms with Crippen LogP contribution in [0.1, 0.15) is 24.5 Å². The minimum atomic E-state index is -0.406. The van der Waals surface area contributed by atoms with Gasteiger partial charge in [0.15, 0.2) is 0 Å². The van der Waals surface area contributed by atoms with E-state index in [9.17, 15) is 10.1 Å². The van der Waals surface area contributed by atoms with Crippen molar-refractivity contribution in [2.24, 2.45) is 0 Å². The molecule has 0 bridgehead atoms. The summed E-state index contributed by atoms with van der Waals surface area (Å²) in [4.78, 5) is 10.1. The second-order valence-corrected chi connectivity index (χ2v) is 3.03. The maximum atomic E-state index is 10.5. The third-order valence-electron chi connectivity index (χ3n) is 2.01. The fraction of sp³-hybridized carbons (Fsp3) is 0.273. The Morgan fingerprint density at radius 2 is 2.29 bits per heavy atom. The molecule has 14 heavy (non-hydrogen) atoms. The van der Waals surface area contributed by atoms with Crippen LogP contribution in [0.4, 0.5) is 5.69 Å². The third-order valence-corrected chi connectivity index (χ3v) is 2.01. The third kappa shape index (κ3) is 2.19. The highest BCUT2D eigenvalue weighted by Crippen LogP contribution is 2.18. The van der Waals surface area contributed by atoms with Gasteiger partial charge in [-0.3, -0.25) is 10.1 Å². The van der Waals surface area contributed by atoms with Gasteiger partial charge in [0.05, 0.1) is 4.92 Å². The van der Waals surface area contributed by atoms with E-state index in [0.29, 0.717) is 0 Å². The van der Waals surface area contributed by atoms with Crippen LogP contribution in [-0.2, 0) is 6.42 Å². The molecule has 1 aromatic rings. The van der Waals surface area contributed by atoms with Crippen molar-refractivity contribution >= 4 is 5.69 Å². The van der Waals surface area contributed by atoms with Gasteiger partial charge in [-0.15, -0.1) is 0 Å². The van der Waals surface area contributed by atoms with E-state index in [-0.39, 0.29) is 5.69 Å². The van der Waals surface area contributed by atoms with Gasteiger partial charge in [-0.2, -0.15) is 0 Å². The zero-order valence-corrected chi connectivity index (χ0v) is 8.12. The molecule has 0 heterocycles. The average molecular weight is 190 g/mol. The smallest absolute Gasteiger partial charge is 0.258 e. The second kappa shape index (κ2) is 4.56. The number of rotatable bonds is 4. The predicted molar refractivity (Wildman–Crippen MR) is 55.1 cm³/mol. The molecule has 0 saturated carbocycles. The van der Waals surface area contributed by atoms with Gasteiger partial charge in [0, 0.05) is 12.1 Å². The lowest BCUT2D eigenvalue weighted by Gasteiger charge is -2.03. The molecule has 1 rings (SSSR count). The molecule has 0 atom stereocenters. The Hall–Kier alpha value is -1.64. The summed E-state index contributed by atoms with van der Waals surface area (Å²) in [6.45, 7) is 5.59. The summed E-state index contributed by atoms with van der Waals surface area (Å²) in [7, 11) is 0. The molecule has 0 aliphatic heterocycles. The molecule has 0 aliphatic rings. The molecule has 0 fully saturated rings. The number of benzene rings is 1. The number of aryl methyl sites for hydroxylation is 1. The van der Waals surface area contributed by atoms with Gasteiger partial charge in [0.1, 0.15) is 0 Å². The van der Waals surface area contributed by atoms with Crippen LogP contribution in [0.15, 0.2) is 24.8 Å². The minimum absolute atomic E-state index is 0.0935. The second-order valence-electron chi connectivity index (χ2n) is 3.03. The van der Waals surface area contributed by atoms with E-state index in [4.69, 9.17) is 0 Å². The van der Waals surface area contributed by atoms with E-state index in [1.807, 2.05) is 0 Å². The van der Waals surface area contributed by atoms with E-state index >= 15 is 0 Å². The summed E-state index contributed by atoms with van der Waals surface area (Å²) in [5.41, 5.74) is 1.89. The summed E-state index contributed by atoms with van der Waals surface area (Å²) < 4.78 is 0. The lowest BCUT2D eigenvalue weighted by atomic mass is 10.0. The number of nitro groups is 1. The van der Waals surface area contributed by atoms with Crippen LogP contribution in [0.25, 0.3) is 0 Å². The van der Waals surface area contributed by atoms with E-state index < -0.39 is 4.92 Å². The number of non-ortho nitro benzene ring substituents is 1. The summed E-state index contributed by atoms with van der Waals surface area (Å²) in [6.07, 6.45) is 4.63. The van der Waals surface area contributed by atoms with E-state index in [1.165, 1.54) is 12.1 Å². The predicted octanol–water partition coefficient (Wildman–Crippen LogP) is 2.88. The largest absolute Gasteiger partial charge is 0.270 e. The summed E-state index contributed by atoms with van der Waals surface area (Å²) in [6, 6.07) is 4.80. The molecule has 0 aliphatic carbocycles. The number of nitrogens with zero attached hydrogens (tertiary/aromatic N) is 1. The standard InChI is InChI=1S/C11H12NO2/c1-3-5-10-6-7-11(12(13)14)8-9(10)4-2/h6-8H,2-3,5H2,1H3. The van der Waals surface area contributed by atoms with Crippen molar-refractivity contribution in [3.8, 4) is 0 Å². The van der Waals surface area contributed by atoms with Crippen molar-refractivity contribution in [2.75, 3.05) is 0 Å². The van der Waals surface area contributed by atoms with Crippen molar-refractivity contribution in [1.29, 1.82) is 0 Å². The van der Waals surface area contributed by atoms with Crippen LogP contribution < -0.4 is 0 Å². The molecule has 3 nitrogen and oxygen atoms in total. The van der Waals surface area contributed by atoms with E-state index in [2.05, 4.69) is 19.6 Å². The molecule has 0 unspecified atom stereocenters. The molecule has 3 heteroatoms. The van der Waals surface area contributed by atoms with Crippen LogP contribution in [0.3, 0.4) is 0 Å². The first-order chi connectivity index (χ1) is 6.69. The van der Waals surface area contributed by atoms with Crippen molar-refractivity contribution in [1.82, 2.24) is 0 Å². The SMILES string of the molecule is C=[C]c1cc([N+](=O)[O-])ccc1CCC. The Kier molecular flexibility index (Phi) is 3.40. The normalized spacial score (nSPS) is 9.79. The Bertz CT molecular complexity index is 358. The molecule has 0 N–H and O–H groups in total. The van der Waals surface area contributed by atoms with Gasteiger partial charge in [-0.1, -0.05) is 26.0 Å². The lowest BCUT2D eigenvalue weighted by Crippen LogP contribution is -1.93. The molecule has 0 amide bonds. The maximum Gasteiger partial charge on any atom is 0.270 e. The van der Waals surface area contributed by atoms with E-state index in [1.54, 1.807) is 6.07 Å². The van der Waals surface area contributed by atoms with Crippen LogP contribution in [0, 0.1) is 16.2 Å². The van der Waals surface area contributed by atoms with Gasteiger partial charge in [-0.25, -0.2) is 0 Å². The minimum Gasteiger partial charge on any atom is -0.258 e. The van der Waals surface area contributed by atoms with Crippen LogP contribution >= 0.6 is 0 Å². The van der Waals surface area contributed by atoms with Gasteiger partial charge in [-0.05, 0) is 23.6 Å². The maximum absolute atomic E-state index is 10.5. The van der Waals surface area contributed by atoms with Gasteiger partial charge >= 0.3 is 0 Å². The first-order valence-electron chi connectivity index (χ1n) is 4.49. The monoisotopic (exact) mass is 190 g/mol. The van der Waals surface area contributed by atoms with Crippen LogP contribution in [-0.4, -0.2) is 4.92 Å². The molecule has 73 valence electrons. The number of nitro benzene ring substituents is 1. The number of hydrogen-bond donors (Lipinski definition) is 0. The Labute approximate surface area is 83.2 Å². The zero-order valence-electron chi connectivity index (χ0n) is 8.12. The highest BCUT2D eigenvalue weighted by molar-refractivity contribution is 5.42. The van der Waals surface area contributed by atoms with Crippen LogP contribution in [0.2, 0.25) is 0 Å². The number of hydrogen-bond acceptors (Lipinski definition) is 2. The van der Waals surface area contributed by atoms with Gasteiger partial charge in [0.2, 0.25) is 0 Å². The average Bonchev–Trinajstić information content (AvgIpc) is 2.18. The Morgan fingerprint density at radius 3 is 2.79 bits per heavy atom. The van der Waals surface area contributed by atoms with E-state index in [0.717, 1.165) is 24.0 Å². The quantitative estimate of drug-likeness (QED) is 0.541. The first-order valence-corrected chi connectivity index (χ1v) is 4.49. The lowest BCUT2D eigenvalue weighted by molar-refractivity contribution is -0.384. The fourth-order valence-corrected chi connectivity index (χ4v) is 1.33. The molecule has 0 saturated heterocycles.